The maximum Gasteiger partial charge on any atom is 0.336 e. The molecule has 1 aliphatic heterocycles. The number of aryl methyl sites for hydroxylation is 1. The molecule has 200 valence electrons. The highest BCUT2D eigenvalue weighted by molar-refractivity contribution is 7.89. The van der Waals surface area contributed by atoms with E-state index >= 15 is 0 Å². The molecule has 0 bridgehead atoms. The van der Waals surface area contributed by atoms with Crippen LogP contribution >= 0.6 is 0 Å². The molecule has 2 N–H and O–H groups in total. The highest BCUT2D eigenvalue weighted by Crippen LogP contribution is 2.34. The van der Waals surface area contributed by atoms with Gasteiger partial charge in [0.05, 0.1) is 16.0 Å². The fraction of sp³-hybridized carbons (Fsp3) is 0.607. The number of hydrogen-bond donors (Lipinski definition) is 2. The minimum atomic E-state index is -3.83. The molecule has 1 saturated heterocycles. The van der Waals surface area contributed by atoms with Gasteiger partial charge in [0.15, 0.2) is 0 Å². The summed E-state index contributed by atoms with van der Waals surface area (Å²) in [7, 11) is -3.83. The zero-order valence-corrected chi connectivity index (χ0v) is 22.5. The summed E-state index contributed by atoms with van der Waals surface area (Å²) in [5.41, 5.74) is 2.22. The number of aromatic nitrogens is 1. The van der Waals surface area contributed by atoms with E-state index in [4.69, 9.17) is 4.98 Å². The van der Waals surface area contributed by atoms with E-state index in [1.165, 1.54) is 22.9 Å². The summed E-state index contributed by atoms with van der Waals surface area (Å²) in [5, 5.41) is 13.6. The Morgan fingerprint density at radius 3 is 2.49 bits per heavy atom. The van der Waals surface area contributed by atoms with Crippen molar-refractivity contribution in [3.8, 4) is 0 Å². The van der Waals surface area contributed by atoms with E-state index < -0.39 is 16.0 Å². The highest BCUT2D eigenvalue weighted by atomic mass is 32.2. The van der Waals surface area contributed by atoms with Crippen molar-refractivity contribution in [3.05, 3.63) is 35.0 Å². The van der Waals surface area contributed by atoms with Crippen molar-refractivity contribution in [1.29, 1.82) is 0 Å². The molecule has 2 fully saturated rings. The monoisotopic (exact) mass is 527 g/mol. The SMILES string of the molecule is CC1CCc2nc3ccc(S(=O)(=O)N4CCC(C(=O)NC5CCCCC5C)CC4)cc3c(C(=O)O)c2C1. The van der Waals surface area contributed by atoms with E-state index in [0.29, 0.717) is 42.0 Å². The summed E-state index contributed by atoms with van der Waals surface area (Å²) < 4.78 is 28.5. The molecule has 1 aromatic carbocycles. The van der Waals surface area contributed by atoms with Crippen LogP contribution in [-0.2, 0) is 27.7 Å². The zero-order chi connectivity index (χ0) is 26.3. The van der Waals surface area contributed by atoms with E-state index in [9.17, 15) is 23.1 Å². The zero-order valence-electron chi connectivity index (χ0n) is 21.7. The van der Waals surface area contributed by atoms with E-state index in [1.54, 1.807) is 6.07 Å². The molecule has 3 unspecified atom stereocenters. The fourth-order valence-electron chi connectivity index (χ4n) is 6.34. The molecule has 3 aliphatic rings. The molecule has 8 nitrogen and oxygen atoms in total. The number of rotatable bonds is 5. The summed E-state index contributed by atoms with van der Waals surface area (Å²) >= 11 is 0. The van der Waals surface area contributed by atoms with Crippen LogP contribution in [0.1, 0.15) is 80.4 Å². The summed E-state index contributed by atoms with van der Waals surface area (Å²) in [6.07, 6.45) is 7.78. The number of carbonyl (C=O) groups is 2. The Bertz CT molecular complexity index is 1320. The normalized spacial score (nSPS) is 25.5. The number of amides is 1. The van der Waals surface area contributed by atoms with Gasteiger partial charge >= 0.3 is 5.97 Å². The molecule has 5 rings (SSSR count). The van der Waals surface area contributed by atoms with Gasteiger partial charge in [0, 0.05) is 36.1 Å². The largest absolute Gasteiger partial charge is 0.478 e. The van der Waals surface area contributed by atoms with Crippen LogP contribution < -0.4 is 5.32 Å². The third-order valence-electron chi connectivity index (χ3n) is 8.68. The third kappa shape index (κ3) is 5.12. The Balaban J connectivity index is 1.34. The number of carbonyl (C=O) groups excluding carboxylic acids is 1. The van der Waals surface area contributed by atoms with Gasteiger partial charge in [0.2, 0.25) is 15.9 Å². The van der Waals surface area contributed by atoms with Gasteiger partial charge in [-0.1, -0.05) is 26.7 Å². The maximum atomic E-state index is 13.5. The second-order valence-corrected chi connectivity index (χ2v) is 13.2. The van der Waals surface area contributed by atoms with Crippen LogP contribution in [0.15, 0.2) is 23.1 Å². The van der Waals surface area contributed by atoms with E-state index in [-0.39, 0.29) is 41.4 Å². The Kier molecular flexibility index (Phi) is 7.29. The van der Waals surface area contributed by atoms with Gasteiger partial charge in [0.25, 0.3) is 0 Å². The first-order chi connectivity index (χ1) is 17.6. The van der Waals surface area contributed by atoms with Crippen molar-refractivity contribution < 1.29 is 23.1 Å². The first-order valence-electron chi connectivity index (χ1n) is 13.6. The molecular formula is C28H37N3O5S. The van der Waals surface area contributed by atoms with Gasteiger partial charge in [-0.25, -0.2) is 13.2 Å². The number of carboxylic acids is 1. The number of pyridine rings is 1. The lowest BCUT2D eigenvalue weighted by atomic mass is 9.84. The minimum absolute atomic E-state index is 0.0395. The number of benzene rings is 1. The van der Waals surface area contributed by atoms with Crippen LogP contribution in [0, 0.1) is 17.8 Å². The van der Waals surface area contributed by atoms with Crippen molar-refractivity contribution in [1.82, 2.24) is 14.6 Å². The number of nitrogens with zero attached hydrogens (tertiary/aromatic N) is 2. The van der Waals surface area contributed by atoms with Gasteiger partial charge in [-0.3, -0.25) is 9.78 Å². The lowest BCUT2D eigenvalue weighted by Crippen LogP contribution is -2.47. The van der Waals surface area contributed by atoms with Gasteiger partial charge < -0.3 is 10.4 Å². The number of nitrogens with one attached hydrogen (secondary N) is 1. The van der Waals surface area contributed by atoms with Crippen molar-refractivity contribution in [2.75, 3.05) is 13.1 Å². The lowest BCUT2D eigenvalue weighted by molar-refractivity contribution is -0.127. The topological polar surface area (TPSA) is 117 Å². The second-order valence-electron chi connectivity index (χ2n) is 11.3. The molecule has 3 atom stereocenters. The Morgan fingerprint density at radius 2 is 1.78 bits per heavy atom. The van der Waals surface area contributed by atoms with E-state index in [1.807, 2.05) is 0 Å². The van der Waals surface area contributed by atoms with Crippen LogP contribution in [0.5, 0.6) is 0 Å². The van der Waals surface area contributed by atoms with Crippen molar-refractivity contribution in [3.63, 3.8) is 0 Å². The number of fused-ring (bicyclic) bond motifs is 2. The smallest absolute Gasteiger partial charge is 0.336 e. The molecule has 9 heteroatoms. The quantitative estimate of drug-likeness (QED) is 0.603. The average molecular weight is 528 g/mol. The van der Waals surface area contributed by atoms with Crippen LogP contribution in [0.4, 0.5) is 0 Å². The van der Waals surface area contributed by atoms with Crippen LogP contribution in [0.25, 0.3) is 10.9 Å². The molecule has 1 saturated carbocycles. The summed E-state index contributed by atoms with van der Waals surface area (Å²) in [6, 6.07) is 4.84. The number of aromatic carboxylic acids is 1. The fourth-order valence-corrected chi connectivity index (χ4v) is 7.83. The Hall–Kier alpha value is -2.52. The number of hydrogen-bond acceptors (Lipinski definition) is 5. The third-order valence-corrected chi connectivity index (χ3v) is 10.6. The first-order valence-corrected chi connectivity index (χ1v) is 15.1. The van der Waals surface area contributed by atoms with Gasteiger partial charge in [0.1, 0.15) is 0 Å². The van der Waals surface area contributed by atoms with Crippen molar-refractivity contribution >= 4 is 32.8 Å². The van der Waals surface area contributed by atoms with Gasteiger partial charge in [-0.05, 0) is 80.5 Å². The minimum Gasteiger partial charge on any atom is -0.478 e. The highest BCUT2D eigenvalue weighted by Gasteiger charge is 2.34. The molecule has 0 radical (unpaired) electrons. The number of carboxylic acid groups (broad SMARTS) is 1. The summed E-state index contributed by atoms with van der Waals surface area (Å²) in [6.45, 7) is 4.82. The Morgan fingerprint density at radius 1 is 1.05 bits per heavy atom. The van der Waals surface area contributed by atoms with Gasteiger partial charge in [-0.2, -0.15) is 4.31 Å². The predicted molar refractivity (Wildman–Crippen MR) is 141 cm³/mol. The van der Waals surface area contributed by atoms with Crippen molar-refractivity contribution in [2.45, 2.75) is 82.6 Å². The van der Waals surface area contributed by atoms with E-state index in [2.05, 4.69) is 19.2 Å². The summed E-state index contributed by atoms with van der Waals surface area (Å²) in [4.78, 5) is 29.9. The Labute approximate surface area is 218 Å². The first kappa shape index (κ1) is 26.1. The molecule has 2 aliphatic carbocycles. The van der Waals surface area contributed by atoms with E-state index in [0.717, 1.165) is 43.4 Å². The van der Waals surface area contributed by atoms with Crippen LogP contribution in [0.3, 0.4) is 0 Å². The lowest BCUT2D eigenvalue weighted by Gasteiger charge is -2.34. The molecule has 1 aromatic heterocycles. The number of piperidine rings is 1. The molecule has 2 heterocycles. The van der Waals surface area contributed by atoms with Crippen molar-refractivity contribution in [2.24, 2.45) is 17.8 Å². The molecular weight excluding hydrogens is 490 g/mol. The van der Waals surface area contributed by atoms with Crippen LogP contribution in [0.2, 0.25) is 0 Å². The molecule has 37 heavy (non-hydrogen) atoms. The molecule has 1 amide bonds. The van der Waals surface area contributed by atoms with Gasteiger partial charge in [-0.15, -0.1) is 0 Å². The predicted octanol–water partition coefficient (Wildman–Crippen LogP) is 4.15. The maximum absolute atomic E-state index is 13.5. The summed E-state index contributed by atoms with van der Waals surface area (Å²) in [5.74, 6) is -0.362. The number of sulfonamides is 1. The van der Waals surface area contributed by atoms with Crippen LogP contribution in [-0.4, -0.2) is 53.8 Å². The molecule has 2 aromatic rings. The second kappa shape index (κ2) is 10.3. The average Bonchev–Trinajstić information content (AvgIpc) is 2.88. The molecule has 0 spiro atoms. The standard InChI is InChI=1S/C28H37N3O5S/c1-17-7-9-24-21(15-17)26(28(33)34)22-16-20(8-10-25(22)29-24)37(35,36)31-13-11-19(12-14-31)27(32)30-23-6-4-3-5-18(23)2/h8,10,16-19,23H,3-7,9,11-15H2,1-2H3,(H,30,32)(H,33,34).